The molecule has 0 unspecified atom stereocenters. The molecule has 1 aromatic rings. The first kappa shape index (κ1) is 20.0. The van der Waals surface area contributed by atoms with Crippen molar-refractivity contribution >= 4 is 22.0 Å². The maximum atomic E-state index is 13.0. The molecule has 1 amide bonds. The Hall–Kier alpha value is -1.31. The fraction of sp³-hybridized carbons (Fsp3) is 0.647. The fourth-order valence-corrected chi connectivity index (χ4v) is 3.17. The van der Waals surface area contributed by atoms with Crippen LogP contribution in [0.4, 0.5) is 18.0 Å². The highest BCUT2D eigenvalue weighted by Gasteiger charge is 2.38. The van der Waals surface area contributed by atoms with Crippen molar-refractivity contribution in [2.24, 2.45) is 0 Å². The average Bonchev–Trinajstić information content (AvgIpc) is 2.44. The number of halogens is 4. The van der Waals surface area contributed by atoms with Crippen LogP contribution in [0.5, 0.6) is 0 Å². The summed E-state index contributed by atoms with van der Waals surface area (Å²) in [6.45, 7) is 8.10. The molecule has 4 nitrogen and oxygen atoms in total. The van der Waals surface area contributed by atoms with Crippen LogP contribution in [0.3, 0.4) is 0 Å². The van der Waals surface area contributed by atoms with E-state index in [0.717, 1.165) is 12.1 Å². The standard InChI is InChI=1S/C17H22BrF3N2O2/c1-15(2,3)25-14(24)23-7-5-16(4,6-8-23)12-9-11(17(19,20)21)10-13(18)22-12/h9-10H,5-8H2,1-4H3. The van der Waals surface area contributed by atoms with Crippen molar-refractivity contribution in [3.8, 4) is 0 Å². The summed E-state index contributed by atoms with van der Waals surface area (Å²) in [5.41, 5.74) is -1.44. The van der Waals surface area contributed by atoms with Gasteiger partial charge in [-0.1, -0.05) is 6.92 Å². The first-order valence-corrected chi connectivity index (χ1v) is 8.83. The molecule has 1 aliphatic rings. The molecule has 1 saturated heterocycles. The van der Waals surface area contributed by atoms with Gasteiger partial charge in [-0.3, -0.25) is 0 Å². The molecule has 0 radical (unpaired) electrons. The van der Waals surface area contributed by atoms with Crippen LogP contribution in [0, 0.1) is 0 Å². The van der Waals surface area contributed by atoms with E-state index >= 15 is 0 Å². The van der Waals surface area contributed by atoms with Crippen LogP contribution in [-0.2, 0) is 16.3 Å². The van der Waals surface area contributed by atoms with Crippen molar-refractivity contribution in [3.05, 3.63) is 28.0 Å². The minimum atomic E-state index is -4.42. The van der Waals surface area contributed by atoms with E-state index < -0.39 is 28.8 Å². The van der Waals surface area contributed by atoms with Gasteiger partial charge in [0.2, 0.25) is 0 Å². The molecule has 140 valence electrons. The van der Waals surface area contributed by atoms with Gasteiger partial charge in [-0.05, 0) is 61.7 Å². The number of nitrogens with zero attached hydrogens (tertiary/aromatic N) is 2. The van der Waals surface area contributed by atoms with Crippen molar-refractivity contribution in [1.82, 2.24) is 9.88 Å². The third kappa shape index (κ3) is 5.09. The van der Waals surface area contributed by atoms with Gasteiger partial charge < -0.3 is 9.64 Å². The SMILES string of the molecule is CC(C)(C)OC(=O)N1CCC(C)(c2cc(C(F)(F)F)cc(Br)n2)CC1. The number of rotatable bonds is 1. The predicted molar refractivity (Wildman–Crippen MR) is 91.3 cm³/mol. The van der Waals surface area contributed by atoms with Crippen LogP contribution in [0.1, 0.15) is 51.8 Å². The highest BCUT2D eigenvalue weighted by molar-refractivity contribution is 9.10. The molecule has 0 atom stereocenters. The predicted octanol–water partition coefficient (Wildman–Crippen LogP) is 5.15. The van der Waals surface area contributed by atoms with E-state index in [1.807, 2.05) is 6.92 Å². The molecule has 0 spiro atoms. The summed E-state index contributed by atoms with van der Waals surface area (Å²) in [4.78, 5) is 18.0. The topological polar surface area (TPSA) is 42.4 Å². The minimum Gasteiger partial charge on any atom is -0.444 e. The zero-order valence-electron chi connectivity index (χ0n) is 14.7. The van der Waals surface area contributed by atoms with Crippen LogP contribution < -0.4 is 0 Å². The minimum absolute atomic E-state index is 0.160. The Labute approximate surface area is 153 Å². The highest BCUT2D eigenvalue weighted by Crippen LogP contribution is 2.38. The van der Waals surface area contributed by atoms with Gasteiger partial charge in [-0.25, -0.2) is 9.78 Å². The van der Waals surface area contributed by atoms with Gasteiger partial charge >= 0.3 is 12.3 Å². The van der Waals surface area contributed by atoms with Crippen molar-refractivity contribution in [3.63, 3.8) is 0 Å². The number of aromatic nitrogens is 1. The number of amides is 1. The lowest BCUT2D eigenvalue weighted by Gasteiger charge is -2.39. The third-order valence-corrected chi connectivity index (χ3v) is 4.66. The number of pyridine rings is 1. The molecule has 2 rings (SSSR count). The Balaban J connectivity index is 2.15. The number of alkyl halides is 3. The summed E-state index contributed by atoms with van der Waals surface area (Å²) in [6, 6.07) is 2.08. The van der Waals surface area contributed by atoms with Gasteiger partial charge in [0.1, 0.15) is 10.2 Å². The van der Waals surface area contributed by atoms with E-state index in [1.54, 1.807) is 25.7 Å². The second kappa shape index (κ2) is 6.78. The Bertz CT molecular complexity index is 648. The Morgan fingerprint density at radius 2 is 1.80 bits per heavy atom. The highest BCUT2D eigenvalue weighted by atomic mass is 79.9. The van der Waals surface area contributed by atoms with E-state index in [-0.39, 0.29) is 4.60 Å². The number of carbonyl (C=O) groups excluding carboxylic acids is 1. The van der Waals surface area contributed by atoms with Crippen LogP contribution in [0.15, 0.2) is 16.7 Å². The van der Waals surface area contributed by atoms with Crippen molar-refractivity contribution in [1.29, 1.82) is 0 Å². The second-order valence-corrected chi connectivity index (χ2v) is 8.40. The van der Waals surface area contributed by atoms with Crippen LogP contribution in [0.2, 0.25) is 0 Å². The lowest BCUT2D eigenvalue weighted by atomic mass is 9.77. The largest absolute Gasteiger partial charge is 0.444 e. The zero-order chi connectivity index (χ0) is 19.0. The Morgan fingerprint density at radius 1 is 1.24 bits per heavy atom. The van der Waals surface area contributed by atoms with Gasteiger partial charge in [0, 0.05) is 24.2 Å². The molecule has 0 saturated carbocycles. The lowest BCUT2D eigenvalue weighted by molar-refractivity contribution is -0.137. The summed E-state index contributed by atoms with van der Waals surface area (Å²) >= 11 is 3.07. The third-order valence-electron chi connectivity index (χ3n) is 4.26. The van der Waals surface area contributed by atoms with E-state index in [4.69, 9.17) is 4.74 Å². The first-order valence-electron chi connectivity index (χ1n) is 8.03. The Morgan fingerprint density at radius 3 is 2.28 bits per heavy atom. The number of ether oxygens (including phenoxy) is 1. The molecular formula is C17H22BrF3N2O2. The molecule has 1 aromatic heterocycles. The van der Waals surface area contributed by atoms with E-state index in [9.17, 15) is 18.0 Å². The number of hydrogen-bond donors (Lipinski definition) is 0. The summed E-state index contributed by atoms with van der Waals surface area (Å²) in [5.74, 6) is 0. The molecule has 0 aliphatic carbocycles. The summed E-state index contributed by atoms with van der Waals surface area (Å²) in [7, 11) is 0. The van der Waals surface area contributed by atoms with Crippen molar-refractivity contribution < 1.29 is 22.7 Å². The molecule has 25 heavy (non-hydrogen) atoms. The fourth-order valence-electron chi connectivity index (χ4n) is 2.74. The van der Waals surface area contributed by atoms with Gasteiger partial charge in [-0.15, -0.1) is 0 Å². The van der Waals surface area contributed by atoms with Crippen molar-refractivity contribution in [2.45, 2.75) is 57.7 Å². The lowest BCUT2D eigenvalue weighted by Crippen LogP contribution is -2.46. The molecule has 0 bridgehead atoms. The number of hydrogen-bond acceptors (Lipinski definition) is 3. The normalized spacial score (nSPS) is 18.2. The molecule has 1 fully saturated rings. The zero-order valence-corrected chi connectivity index (χ0v) is 16.3. The molecule has 1 aliphatic heterocycles. The second-order valence-electron chi connectivity index (χ2n) is 7.59. The van der Waals surface area contributed by atoms with Gasteiger partial charge in [0.15, 0.2) is 0 Å². The van der Waals surface area contributed by atoms with Crippen LogP contribution >= 0.6 is 15.9 Å². The number of piperidine rings is 1. The van der Waals surface area contributed by atoms with E-state index in [2.05, 4.69) is 20.9 Å². The average molecular weight is 423 g/mol. The van der Waals surface area contributed by atoms with Crippen LogP contribution in [-0.4, -0.2) is 34.7 Å². The Kier molecular flexibility index (Phi) is 5.42. The maximum absolute atomic E-state index is 13.0. The first-order chi connectivity index (χ1) is 11.3. The van der Waals surface area contributed by atoms with Crippen molar-refractivity contribution in [2.75, 3.05) is 13.1 Å². The number of likely N-dealkylation sites (tertiary alicyclic amines) is 1. The quantitative estimate of drug-likeness (QED) is 0.587. The molecule has 8 heteroatoms. The smallest absolute Gasteiger partial charge is 0.416 e. The summed E-state index contributed by atoms with van der Waals surface area (Å²) < 4.78 is 44.7. The van der Waals surface area contributed by atoms with E-state index in [0.29, 0.717) is 31.6 Å². The molecule has 0 N–H and O–H groups in total. The van der Waals surface area contributed by atoms with Gasteiger partial charge in [-0.2, -0.15) is 13.2 Å². The summed E-state index contributed by atoms with van der Waals surface area (Å²) in [6.07, 6.45) is -3.78. The molecular weight excluding hydrogens is 401 g/mol. The molecule has 0 aromatic carbocycles. The van der Waals surface area contributed by atoms with Gasteiger partial charge in [0.05, 0.1) is 5.56 Å². The number of carbonyl (C=O) groups is 1. The monoisotopic (exact) mass is 422 g/mol. The van der Waals surface area contributed by atoms with Gasteiger partial charge in [0.25, 0.3) is 0 Å². The van der Waals surface area contributed by atoms with E-state index in [1.165, 1.54) is 0 Å². The summed E-state index contributed by atoms with van der Waals surface area (Å²) in [5, 5.41) is 0. The molecule has 2 heterocycles. The maximum Gasteiger partial charge on any atom is 0.416 e. The van der Waals surface area contributed by atoms with Crippen LogP contribution in [0.25, 0.3) is 0 Å².